The van der Waals surface area contributed by atoms with Gasteiger partial charge in [0.2, 0.25) is 5.91 Å². The van der Waals surface area contributed by atoms with E-state index in [0.717, 1.165) is 75.1 Å². The zero-order valence-corrected chi connectivity index (χ0v) is 20.5. The maximum atomic E-state index is 12.1. The number of ether oxygens (including phenoxy) is 1. The van der Waals surface area contributed by atoms with Crippen molar-refractivity contribution >= 4 is 16.9 Å². The molecule has 1 aromatic heterocycles. The average Bonchev–Trinajstić information content (AvgIpc) is 3.17. The zero-order chi connectivity index (χ0) is 23.5. The van der Waals surface area contributed by atoms with Gasteiger partial charge in [0.25, 0.3) is 0 Å². The van der Waals surface area contributed by atoms with Gasteiger partial charge in [-0.05, 0) is 68.9 Å². The topological polar surface area (TPSA) is 56.2 Å². The first-order valence-corrected chi connectivity index (χ1v) is 12.5. The summed E-state index contributed by atoms with van der Waals surface area (Å²) in [6.07, 6.45) is 6.88. The summed E-state index contributed by atoms with van der Waals surface area (Å²) in [6, 6.07) is 16.6. The van der Waals surface area contributed by atoms with E-state index >= 15 is 0 Å². The lowest BCUT2D eigenvalue weighted by Crippen LogP contribution is -2.30. The van der Waals surface area contributed by atoms with E-state index in [1.54, 1.807) is 0 Å². The van der Waals surface area contributed by atoms with E-state index in [9.17, 15) is 4.79 Å². The summed E-state index contributed by atoms with van der Waals surface area (Å²) >= 11 is 0. The van der Waals surface area contributed by atoms with Crippen LogP contribution in [-0.2, 0) is 17.8 Å². The second-order valence-corrected chi connectivity index (χ2v) is 8.80. The van der Waals surface area contributed by atoms with E-state index < -0.39 is 0 Å². The molecule has 5 heteroatoms. The van der Waals surface area contributed by atoms with E-state index in [1.165, 1.54) is 11.1 Å². The number of rotatable bonds is 14. The monoisotopic (exact) mass is 449 g/mol. The van der Waals surface area contributed by atoms with Crippen molar-refractivity contribution in [2.24, 2.45) is 5.92 Å². The van der Waals surface area contributed by atoms with Crippen LogP contribution in [0, 0.1) is 12.8 Å². The Morgan fingerprint density at radius 1 is 1.03 bits per heavy atom. The molecule has 0 atom stereocenters. The second-order valence-electron chi connectivity index (χ2n) is 8.80. The van der Waals surface area contributed by atoms with Gasteiger partial charge in [0.05, 0.1) is 17.6 Å². The fourth-order valence-corrected chi connectivity index (χ4v) is 4.28. The molecule has 1 amide bonds. The first kappa shape index (κ1) is 24.8. The van der Waals surface area contributed by atoms with Crippen molar-refractivity contribution in [2.75, 3.05) is 13.2 Å². The minimum atomic E-state index is 0.153. The highest BCUT2D eigenvalue weighted by Gasteiger charge is 2.13. The number of amides is 1. The highest BCUT2D eigenvalue weighted by Crippen LogP contribution is 2.19. The molecule has 1 heterocycles. The number of fused-ring (bicyclic) bond motifs is 1. The maximum absolute atomic E-state index is 12.1. The summed E-state index contributed by atoms with van der Waals surface area (Å²) in [5.41, 5.74) is 3.47. The predicted octanol–water partition coefficient (Wildman–Crippen LogP) is 6.08. The van der Waals surface area contributed by atoms with Crippen molar-refractivity contribution in [3.05, 3.63) is 59.9 Å². The molecule has 0 aliphatic heterocycles. The molecule has 0 bridgehead atoms. The highest BCUT2D eigenvalue weighted by atomic mass is 16.5. The molecule has 0 spiro atoms. The number of hydrogen-bond donors (Lipinski definition) is 1. The van der Waals surface area contributed by atoms with Crippen LogP contribution in [0.5, 0.6) is 5.75 Å². The van der Waals surface area contributed by atoms with Gasteiger partial charge in [-0.3, -0.25) is 4.79 Å². The lowest BCUT2D eigenvalue weighted by Gasteiger charge is -2.13. The van der Waals surface area contributed by atoms with Crippen molar-refractivity contribution in [1.82, 2.24) is 14.9 Å². The van der Waals surface area contributed by atoms with Gasteiger partial charge in [0.15, 0.2) is 0 Å². The van der Waals surface area contributed by atoms with Gasteiger partial charge in [0.1, 0.15) is 11.6 Å². The third-order valence-corrected chi connectivity index (χ3v) is 6.25. The van der Waals surface area contributed by atoms with Crippen LogP contribution in [0.3, 0.4) is 0 Å². The molecule has 0 radical (unpaired) electrons. The number of nitrogens with one attached hydrogen (secondary N) is 1. The minimum Gasteiger partial charge on any atom is -0.494 e. The van der Waals surface area contributed by atoms with Crippen molar-refractivity contribution in [2.45, 2.75) is 72.3 Å². The Morgan fingerprint density at radius 3 is 2.64 bits per heavy atom. The fourth-order valence-electron chi connectivity index (χ4n) is 4.28. The molecule has 178 valence electrons. The van der Waals surface area contributed by atoms with Crippen LogP contribution in [0.2, 0.25) is 0 Å². The molecule has 3 rings (SSSR count). The van der Waals surface area contributed by atoms with Gasteiger partial charge in [-0.2, -0.15) is 0 Å². The Kier molecular flexibility index (Phi) is 9.79. The summed E-state index contributed by atoms with van der Waals surface area (Å²) in [7, 11) is 0. The van der Waals surface area contributed by atoms with E-state index in [2.05, 4.69) is 61.0 Å². The molecule has 0 aliphatic carbocycles. The van der Waals surface area contributed by atoms with Crippen molar-refractivity contribution in [3.63, 3.8) is 0 Å². The van der Waals surface area contributed by atoms with Crippen LogP contribution in [0.25, 0.3) is 11.0 Å². The smallest absolute Gasteiger partial charge is 0.223 e. The first-order valence-electron chi connectivity index (χ1n) is 12.5. The van der Waals surface area contributed by atoms with Crippen LogP contribution in [0.15, 0.2) is 48.5 Å². The van der Waals surface area contributed by atoms with Gasteiger partial charge in [0, 0.05) is 25.4 Å². The highest BCUT2D eigenvalue weighted by molar-refractivity contribution is 5.78. The van der Waals surface area contributed by atoms with Gasteiger partial charge in [-0.25, -0.2) is 4.98 Å². The quantitative estimate of drug-likeness (QED) is 0.304. The molecule has 2 aromatic carbocycles. The first-order chi connectivity index (χ1) is 16.1. The average molecular weight is 450 g/mol. The Bertz CT molecular complexity index is 1010. The van der Waals surface area contributed by atoms with Crippen molar-refractivity contribution < 1.29 is 9.53 Å². The third kappa shape index (κ3) is 7.34. The van der Waals surface area contributed by atoms with E-state index in [1.807, 2.05) is 18.2 Å². The summed E-state index contributed by atoms with van der Waals surface area (Å²) < 4.78 is 8.30. The Morgan fingerprint density at radius 2 is 1.85 bits per heavy atom. The summed E-state index contributed by atoms with van der Waals surface area (Å²) in [6.45, 7) is 8.59. The molecular formula is C28H39N3O2. The zero-order valence-electron chi connectivity index (χ0n) is 20.5. The molecule has 0 saturated heterocycles. The Balaban J connectivity index is 1.47. The predicted molar refractivity (Wildman–Crippen MR) is 136 cm³/mol. The van der Waals surface area contributed by atoms with Crippen molar-refractivity contribution in [3.8, 4) is 5.75 Å². The number of aryl methyl sites for hydroxylation is 3. The van der Waals surface area contributed by atoms with Crippen LogP contribution in [0.1, 0.15) is 63.8 Å². The van der Waals surface area contributed by atoms with Gasteiger partial charge >= 0.3 is 0 Å². The molecule has 5 nitrogen and oxygen atoms in total. The molecule has 1 N–H and O–H groups in total. The number of unbranched alkanes of at least 4 members (excludes halogenated alkanes) is 2. The molecule has 0 saturated carbocycles. The number of hydrogen-bond acceptors (Lipinski definition) is 3. The second kappa shape index (κ2) is 13.0. The normalized spacial score (nSPS) is 11.3. The molecule has 3 aromatic rings. The Hall–Kier alpha value is -2.82. The minimum absolute atomic E-state index is 0.153. The maximum Gasteiger partial charge on any atom is 0.223 e. The molecule has 0 unspecified atom stereocenters. The lowest BCUT2D eigenvalue weighted by atomic mass is 10.0. The molecule has 0 fully saturated rings. The summed E-state index contributed by atoms with van der Waals surface area (Å²) in [5, 5.41) is 3.09. The van der Waals surface area contributed by atoms with Crippen LogP contribution in [-0.4, -0.2) is 28.6 Å². The third-order valence-electron chi connectivity index (χ3n) is 6.25. The number of carbonyl (C=O) groups excluding carboxylic acids is 1. The molecule has 0 aliphatic rings. The Labute approximate surface area is 198 Å². The van der Waals surface area contributed by atoms with Crippen LogP contribution in [0.4, 0.5) is 0 Å². The van der Waals surface area contributed by atoms with E-state index in [4.69, 9.17) is 9.72 Å². The summed E-state index contributed by atoms with van der Waals surface area (Å²) in [4.78, 5) is 17.0. The number of para-hydroxylation sites is 2. The fraction of sp³-hybridized carbons (Fsp3) is 0.500. The van der Waals surface area contributed by atoms with Crippen LogP contribution >= 0.6 is 0 Å². The number of aromatic nitrogens is 2. The van der Waals surface area contributed by atoms with Crippen LogP contribution < -0.4 is 10.1 Å². The lowest BCUT2D eigenvalue weighted by molar-refractivity contribution is -0.125. The summed E-state index contributed by atoms with van der Waals surface area (Å²) in [5.74, 6) is 2.43. The molecular weight excluding hydrogens is 410 g/mol. The largest absolute Gasteiger partial charge is 0.494 e. The molecule has 33 heavy (non-hydrogen) atoms. The number of imidazole rings is 1. The number of benzene rings is 2. The standard InChI is InChI=1S/C28H39N3O2/c1-4-23(5-2)28(32)29-18-10-6-7-17-27-30-25-15-8-9-16-26(25)31(27)19-12-20-33-24-14-11-13-22(3)21-24/h8-9,11,13-16,21,23H,4-7,10,12,17-20H2,1-3H3,(H,29,32). The number of nitrogens with zero attached hydrogens (tertiary/aromatic N) is 2. The van der Waals surface area contributed by atoms with E-state index in [0.29, 0.717) is 6.61 Å². The van der Waals surface area contributed by atoms with Gasteiger partial charge in [-0.1, -0.05) is 44.5 Å². The SMILES string of the molecule is CCC(CC)C(=O)NCCCCCc1nc2ccccc2n1CCCOc1cccc(C)c1. The van der Waals surface area contributed by atoms with E-state index in [-0.39, 0.29) is 11.8 Å². The van der Waals surface area contributed by atoms with Gasteiger partial charge in [-0.15, -0.1) is 0 Å². The van der Waals surface area contributed by atoms with Gasteiger partial charge < -0.3 is 14.6 Å². The van der Waals surface area contributed by atoms with Crippen molar-refractivity contribution in [1.29, 1.82) is 0 Å². The number of carbonyl (C=O) groups is 1.